The number of hydrogen-bond donors (Lipinski definition) is 2. The molecular weight excluding hydrogens is 491 g/mol. The van der Waals surface area contributed by atoms with Gasteiger partial charge in [0.1, 0.15) is 11.5 Å². The molecule has 1 aliphatic rings. The van der Waals surface area contributed by atoms with Crippen LogP contribution in [0.4, 0.5) is 5.69 Å². The van der Waals surface area contributed by atoms with E-state index in [9.17, 15) is 0 Å². The lowest BCUT2D eigenvalue weighted by Crippen LogP contribution is -2.40. The van der Waals surface area contributed by atoms with Gasteiger partial charge in [-0.15, -0.1) is 24.0 Å². The molecule has 1 aliphatic heterocycles. The highest BCUT2D eigenvalue weighted by atomic mass is 127. The topological polar surface area (TPSA) is 58.1 Å². The van der Waals surface area contributed by atoms with Gasteiger partial charge in [-0.3, -0.25) is 0 Å². The Hall–Kier alpha value is -2.16. The van der Waals surface area contributed by atoms with E-state index in [0.29, 0.717) is 12.5 Å². The van der Waals surface area contributed by atoms with E-state index in [1.54, 1.807) is 14.2 Å². The van der Waals surface area contributed by atoms with E-state index < -0.39 is 0 Å². The van der Waals surface area contributed by atoms with Gasteiger partial charge in [0, 0.05) is 37.9 Å². The molecule has 30 heavy (non-hydrogen) atoms. The van der Waals surface area contributed by atoms with Gasteiger partial charge in [0.2, 0.25) is 0 Å². The largest absolute Gasteiger partial charge is 0.497 e. The maximum absolute atomic E-state index is 5.35. The predicted molar refractivity (Wildman–Crippen MR) is 135 cm³/mol. The van der Waals surface area contributed by atoms with Crippen molar-refractivity contribution >= 4 is 35.6 Å². The number of guanidine groups is 1. The zero-order valence-corrected chi connectivity index (χ0v) is 20.4. The molecule has 0 aromatic heterocycles. The summed E-state index contributed by atoms with van der Waals surface area (Å²) >= 11 is 0. The summed E-state index contributed by atoms with van der Waals surface area (Å²) in [4.78, 5) is 7.15. The van der Waals surface area contributed by atoms with Crippen LogP contribution in [-0.4, -0.2) is 46.4 Å². The third kappa shape index (κ3) is 6.97. The fraction of sp³-hybridized carbons (Fsp3) is 0.435. The smallest absolute Gasteiger partial charge is 0.191 e. The molecule has 0 radical (unpaired) electrons. The van der Waals surface area contributed by atoms with E-state index in [-0.39, 0.29) is 24.0 Å². The Morgan fingerprint density at radius 1 is 1.07 bits per heavy atom. The van der Waals surface area contributed by atoms with Crippen molar-refractivity contribution in [2.45, 2.75) is 19.9 Å². The lowest BCUT2D eigenvalue weighted by molar-refractivity contribution is 0.414. The van der Waals surface area contributed by atoms with Crippen LogP contribution in [0.5, 0.6) is 11.5 Å². The minimum atomic E-state index is 0. The van der Waals surface area contributed by atoms with Gasteiger partial charge in [0.05, 0.1) is 20.8 Å². The van der Waals surface area contributed by atoms with Crippen LogP contribution < -0.4 is 25.0 Å². The number of halogens is 1. The van der Waals surface area contributed by atoms with Gasteiger partial charge in [-0.1, -0.05) is 18.2 Å². The van der Waals surface area contributed by atoms with Gasteiger partial charge < -0.3 is 25.0 Å². The molecule has 0 amide bonds. The molecule has 1 saturated heterocycles. The Balaban J connectivity index is 0.00000320. The Kier molecular flexibility index (Phi) is 10.1. The molecule has 2 aromatic rings. The highest BCUT2D eigenvalue weighted by Crippen LogP contribution is 2.26. The van der Waals surface area contributed by atoms with E-state index in [0.717, 1.165) is 49.2 Å². The van der Waals surface area contributed by atoms with E-state index in [2.05, 4.69) is 40.7 Å². The molecule has 164 valence electrons. The number of hydrogen-bond acceptors (Lipinski definition) is 4. The molecule has 0 spiro atoms. The Bertz CT molecular complexity index is 815. The van der Waals surface area contributed by atoms with Crippen LogP contribution in [0, 0.1) is 5.92 Å². The Morgan fingerprint density at radius 3 is 2.53 bits per heavy atom. The zero-order chi connectivity index (χ0) is 20.5. The second-order valence-electron chi connectivity index (χ2n) is 7.23. The number of methoxy groups -OCH3 is 2. The van der Waals surface area contributed by atoms with E-state index in [1.807, 2.05) is 30.3 Å². The van der Waals surface area contributed by atoms with Crippen molar-refractivity contribution in [3.63, 3.8) is 0 Å². The SMILES string of the molecule is CCNC(=NCc1cccc(OC)c1)NCC1CCN(c2cccc(OC)c2)C1.I. The molecule has 1 fully saturated rings. The van der Waals surface area contributed by atoms with Crippen molar-refractivity contribution in [1.82, 2.24) is 10.6 Å². The van der Waals surface area contributed by atoms with Crippen molar-refractivity contribution in [3.8, 4) is 11.5 Å². The standard InChI is InChI=1S/C23H32N4O2.HI/c1-4-24-23(25-15-18-7-5-9-21(13-18)28-2)26-16-19-11-12-27(17-19)20-8-6-10-22(14-20)29-3;/h5-10,13-14,19H,4,11-12,15-17H2,1-3H3,(H2,24,25,26);1H. The first-order valence-electron chi connectivity index (χ1n) is 10.3. The normalized spacial score (nSPS) is 16.0. The van der Waals surface area contributed by atoms with Crippen molar-refractivity contribution in [2.75, 3.05) is 45.3 Å². The summed E-state index contributed by atoms with van der Waals surface area (Å²) in [7, 11) is 3.40. The number of aliphatic imine (C=N–C) groups is 1. The van der Waals surface area contributed by atoms with Gasteiger partial charge in [-0.05, 0) is 49.1 Å². The molecule has 0 aliphatic carbocycles. The summed E-state index contributed by atoms with van der Waals surface area (Å²) in [5, 5.41) is 6.85. The quantitative estimate of drug-likeness (QED) is 0.312. The molecule has 2 N–H and O–H groups in total. The minimum Gasteiger partial charge on any atom is -0.497 e. The lowest BCUT2D eigenvalue weighted by Gasteiger charge is -2.20. The minimum absolute atomic E-state index is 0. The van der Waals surface area contributed by atoms with Gasteiger partial charge in [-0.2, -0.15) is 0 Å². The first-order chi connectivity index (χ1) is 14.2. The van der Waals surface area contributed by atoms with Crippen LogP contribution in [0.3, 0.4) is 0 Å². The predicted octanol–water partition coefficient (Wildman–Crippen LogP) is 3.90. The highest BCUT2D eigenvalue weighted by Gasteiger charge is 2.23. The van der Waals surface area contributed by atoms with Gasteiger partial charge in [0.15, 0.2) is 5.96 Å². The Labute approximate surface area is 197 Å². The summed E-state index contributed by atoms with van der Waals surface area (Å²) in [6.07, 6.45) is 1.17. The summed E-state index contributed by atoms with van der Waals surface area (Å²) in [5.74, 6) is 3.21. The third-order valence-corrected chi connectivity index (χ3v) is 5.16. The molecule has 1 heterocycles. The van der Waals surface area contributed by atoms with Gasteiger partial charge in [-0.25, -0.2) is 4.99 Å². The monoisotopic (exact) mass is 524 g/mol. The first kappa shape index (κ1) is 24.1. The summed E-state index contributed by atoms with van der Waals surface area (Å²) in [5.41, 5.74) is 2.36. The average molecular weight is 524 g/mol. The lowest BCUT2D eigenvalue weighted by atomic mass is 10.1. The summed E-state index contributed by atoms with van der Waals surface area (Å²) in [6.45, 7) is 6.55. The van der Waals surface area contributed by atoms with Crippen molar-refractivity contribution in [3.05, 3.63) is 54.1 Å². The van der Waals surface area contributed by atoms with Crippen LogP contribution in [0.15, 0.2) is 53.5 Å². The fourth-order valence-corrected chi connectivity index (χ4v) is 3.56. The van der Waals surface area contributed by atoms with Crippen molar-refractivity contribution < 1.29 is 9.47 Å². The van der Waals surface area contributed by atoms with Crippen molar-refractivity contribution in [1.29, 1.82) is 0 Å². The number of anilines is 1. The van der Waals surface area contributed by atoms with Gasteiger partial charge >= 0.3 is 0 Å². The van der Waals surface area contributed by atoms with Crippen LogP contribution >= 0.6 is 24.0 Å². The molecule has 2 aromatic carbocycles. The fourth-order valence-electron chi connectivity index (χ4n) is 3.56. The number of nitrogens with zero attached hydrogens (tertiary/aromatic N) is 2. The summed E-state index contributed by atoms with van der Waals surface area (Å²) in [6, 6.07) is 16.3. The zero-order valence-electron chi connectivity index (χ0n) is 18.1. The molecule has 0 bridgehead atoms. The summed E-state index contributed by atoms with van der Waals surface area (Å²) < 4.78 is 10.6. The molecule has 1 atom stereocenters. The molecule has 1 unspecified atom stereocenters. The van der Waals surface area contributed by atoms with E-state index >= 15 is 0 Å². The number of ether oxygens (including phenoxy) is 2. The Morgan fingerprint density at radius 2 is 1.80 bits per heavy atom. The molecule has 0 saturated carbocycles. The van der Waals surface area contributed by atoms with Crippen LogP contribution in [0.2, 0.25) is 0 Å². The van der Waals surface area contributed by atoms with E-state index in [1.165, 1.54) is 12.1 Å². The maximum atomic E-state index is 5.35. The first-order valence-corrected chi connectivity index (χ1v) is 10.3. The molecule has 7 heteroatoms. The van der Waals surface area contributed by atoms with Crippen LogP contribution in [-0.2, 0) is 6.54 Å². The number of nitrogens with one attached hydrogen (secondary N) is 2. The average Bonchev–Trinajstić information content (AvgIpc) is 3.25. The van der Waals surface area contributed by atoms with Gasteiger partial charge in [0.25, 0.3) is 0 Å². The van der Waals surface area contributed by atoms with Crippen molar-refractivity contribution in [2.24, 2.45) is 10.9 Å². The second-order valence-corrected chi connectivity index (χ2v) is 7.23. The van der Waals surface area contributed by atoms with Crippen LogP contribution in [0.25, 0.3) is 0 Å². The maximum Gasteiger partial charge on any atom is 0.191 e. The number of rotatable bonds is 8. The van der Waals surface area contributed by atoms with E-state index in [4.69, 9.17) is 14.5 Å². The highest BCUT2D eigenvalue weighted by molar-refractivity contribution is 14.0. The van der Waals surface area contributed by atoms with Crippen LogP contribution in [0.1, 0.15) is 18.9 Å². The molecule has 3 rings (SSSR count). The molecule has 6 nitrogen and oxygen atoms in total. The number of benzene rings is 2. The third-order valence-electron chi connectivity index (χ3n) is 5.16. The molecular formula is C23H33IN4O2. The second kappa shape index (κ2) is 12.5.